The molecule has 2 amide bonds. The van der Waals surface area contributed by atoms with Crippen molar-refractivity contribution in [1.29, 1.82) is 0 Å². The van der Waals surface area contributed by atoms with Crippen molar-refractivity contribution >= 4 is 29.4 Å². The van der Waals surface area contributed by atoms with Crippen LogP contribution < -0.4 is 15.0 Å². The maximum Gasteiger partial charge on any atom is 0.409 e. The number of alkyl carbamates (subject to hydrolysis) is 1. The number of hydrogen-bond donors (Lipinski definition) is 1. The van der Waals surface area contributed by atoms with Gasteiger partial charge in [-0.3, -0.25) is 10.1 Å². The van der Waals surface area contributed by atoms with Crippen LogP contribution in [0.3, 0.4) is 0 Å². The van der Waals surface area contributed by atoms with Crippen LogP contribution in [-0.4, -0.2) is 31.3 Å². The summed E-state index contributed by atoms with van der Waals surface area (Å²) in [4.78, 5) is 27.7. The largest absolute Gasteiger partial charge is 0.497 e. The molecule has 6 nitrogen and oxygen atoms in total. The van der Waals surface area contributed by atoms with Crippen molar-refractivity contribution in [2.24, 2.45) is 0 Å². The SMILES string of the molecule is CCCN1C(=O)C(NC(=O)OC(C)(C)C)(Sc2cccc(OC)c2)c2ccccc21. The minimum Gasteiger partial charge on any atom is -0.497 e. The summed E-state index contributed by atoms with van der Waals surface area (Å²) in [6.45, 7) is 7.96. The molecule has 2 aromatic rings. The lowest BCUT2D eigenvalue weighted by molar-refractivity contribution is -0.121. The van der Waals surface area contributed by atoms with E-state index in [1.54, 1.807) is 32.8 Å². The van der Waals surface area contributed by atoms with E-state index in [1.165, 1.54) is 11.8 Å². The topological polar surface area (TPSA) is 67.9 Å². The van der Waals surface area contributed by atoms with Gasteiger partial charge in [-0.15, -0.1) is 0 Å². The van der Waals surface area contributed by atoms with E-state index in [0.29, 0.717) is 12.3 Å². The zero-order chi connectivity index (χ0) is 21.9. The Morgan fingerprint density at radius 2 is 1.90 bits per heavy atom. The highest BCUT2D eigenvalue weighted by molar-refractivity contribution is 8.01. The zero-order valence-electron chi connectivity index (χ0n) is 18.0. The first-order chi connectivity index (χ1) is 14.2. The Morgan fingerprint density at radius 3 is 2.57 bits per heavy atom. The van der Waals surface area contributed by atoms with Crippen molar-refractivity contribution in [2.75, 3.05) is 18.6 Å². The van der Waals surface area contributed by atoms with Crippen LogP contribution in [0.25, 0.3) is 0 Å². The Morgan fingerprint density at radius 1 is 1.17 bits per heavy atom. The van der Waals surface area contributed by atoms with E-state index in [4.69, 9.17) is 9.47 Å². The Hall–Kier alpha value is -2.67. The Balaban J connectivity index is 2.09. The van der Waals surface area contributed by atoms with E-state index in [0.717, 1.165) is 22.6 Å². The second kappa shape index (κ2) is 8.60. The molecule has 160 valence electrons. The third-order valence-electron chi connectivity index (χ3n) is 4.56. The normalized spacial score (nSPS) is 18.2. The standard InChI is InChI=1S/C23H28N2O4S/c1-6-14-25-19-13-8-7-12-18(19)23(20(25)26,24-21(27)29-22(2,3)4)30-17-11-9-10-16(15-17)28-5/h7-13,15H,6,14H2,1-5H3,(H,24,27). The predicted octanol–water partition coefficient (Wildman–Crippen LogP) is 4.92. The van der Waals surface area contributed by atoms with Crippen LogP contribution in [0.4, 0.5) is 10.5 Å². The van der Waals surface area contributed by atoms with E-state index in [9.17, 15) is 9.59 Å². The molecular weight excluding hydrogens is 400 g/mol. The van der Waals surface area contributed by atoms with Gasteiger partial charge in [0.15, 0.2) is 0 Å². The summed E-state index contributed by atoms with van der Waals surface area (Å²) in [6.07, 6.45) is 0.159. The second-order valence-corrected chi connectivity index (χ2v) is 9.35. The van der Waals surface area contributed by atoms with Crippen molar-refractivity contribution in [2.45, 2.75) is 49.5 Å². The maximum absolute atomic E-state index is 13.7. The second-order valence-electron chi connectivity index (χ2n) is 8.06. The molecule has 0 spiro atoms. The molecule has 0 bridgehead atoms. The molecule has 1 atom stereocenters. The Kier molecular flexibility index (Phi) is 6.31. The number of thioether (sulfide) groups is 1. The van der Waals surface area contributed by atoms with E-state index in [-0.39, 0.29) is 5.91 Å². The summed E-state index contributed by atoms with van der Waals surface area (Å²) in [5.74, 6) is 0.487. The number of fused-ring (bicyclic) bond motifs is 1. The lowest BCUT2D eigenvalue weighted by atomic mass is 10.1. The minimum absolute atomic E-state index is 0.191. The number of para-hydroxylation sites is 1. The van der Waals surface area contributed by atoms with Gasteiger partial charge in [0.05, 0.1) is 12.8 Å². The van der Waals surface area contributed by atoms with Gasteiger partial charge in [0.25, 0.3) is 5.91 Å². The molecule has 0 fully saturated rings. The van der Waals surface area contributed by atoms with Crippen LogP contribution in [0.1, 0.15) is 39.7 Å². The van der Waals surface area contributed by atoms with Crippen LogP contribution >= 0.6 is 11.8 Å². The number of carbonyl (C=O) groups excluding carboxylic acids is 2. The molecule has 2 aromatic carbocycles. The van der Waals surface area contributed by atoms with E-state index in [2.05, 4.69) is 5.32 Å². The average Bonchev–Trinajstić information content (AvgIpc) is 2.90. The number of benzene rings is 2. The van der Waals surface area contributed by atoms with Gasteiger partial charge in [-0.1, -0.05) is 43.0 Å². The molecule has 3 rings (SSSR count). The summed E-state index contributed by atoms with van der Waals surface area (Å²) in [7, 11) is 1.59. The number of amides is 2. The van der Waals surface area contributed by atoms with Crippen molar-refractivity contribution in [3.63, 3.8) is 0 Å². The number of hydrogen-bond acceptors (Lipinski definition) is 5. The Bertz CT molecular complexity index is 941. The molecule has 1 aliphatic rings. The Labute approximate surface area is 181 Å². The summed E-state index contributed by atoms with van der Waals surface area (Å²) >= 11 is 1.28. The molecular formula is C23H28N2O4S. The fraction of sp³-hybridized carbons (Fsp3) is 0.391. The first-order valence-electron chi connectivity index (χ1n) is 9.96. The van der Waals surface area contributed by atoms with Crippen molar-refractivity contribution < 1.29 is 19.1 Å². The first kappa shape index (κ1) is 22.0. The highest BCUT2D eigenvalue weighted by atomic mass is 32.2. The lowest BCUT2D eigenvalue weighted by Gasteiger charge is -2.31. The van der Waals surface area contributed by atoms with Crippen LogP contribution in [-0.2, 0) is 14.4 Å². The molecule has 0 aromatic heterocycles. The fourth-order valence-electron chi connectivity index (χ4n) is 3.40. The molecule has 1 unspecified atom stereocenters. The van der Waals surface area contributed by atoms with Gasteiger partial charge in [-0.2, -0.15) is 0 Å². The van der Waals surface area contributed by atoms with E-state index >= 15 is 0 Å². The van der Waals surface area contributed by atoms with Crippen LogP contribution in [0.5, 0.6) is 5.75 Å². The number of carbonyl (C=O) groups is 2. The average molecular weight is 429 g/mol. The third-order valence-corrected chi connectivity index (χ3v) is 5.85. The third kappa shape index (κ3) is 4.41. The molecule has 30 heavy (non-hydrogen) atoms. The van der Waals surface area contributed by atoms with Crippen molar-refractivity contribution in [3.8, 4) is 5.75 Å². The molecule has 1 N–H and O–H groups in total. The summed E-state index contributed by atoms with van der Waals surface area (Å²) < 4.78 is 10.8. The number of ether oxygens (including phenoxy) is 2. The van der Waals surface area contributed by atoms with Gasteiger partial charge < -0.3 is 14.4 Å². The molecule has 0 saturated carbocycles. The quantitative estimate of drug-likeness (QED) is 0.662. The molecule has 0 saturated heterocycles. The van der Waals surface area contributed by atoms with E-state index in [1.807, 2.05) is 55.5 Å². The highest BCUT2D eigenvalue weighted by Crippen LogP contribution is 2.50. The zero-order valence-corrected chi connectivity index (χ0v) is 18.8. The number of nitrogens with zero attached hydrogens (tertiary/aromatic N) is 1. The number of anilines is 1. The first-order valence-corrected chi connectivity index (χ1v) is 10.8. The minimum atomic E-state index is -1.33. The van der Waals surface area contributed by atoms with Gasteiger partial charge >= 0.3 is 6.09 Å². The smallest absolute Gasteiger partial charge is 0.409 e. The summed E-state index contributed by atoms with van der Waals surface area (Å²) in [5.41, 5.74) is 0.855. The van der Waals surface area contributed by atoms with Gasteiger partial charge in [-0.05, 0) is 51.5 Å². The van der Waals surface area contributed by atoms with Gasteiger partial charge in [-0.25, -0.2) is 4.79 Å². The molecule has 1 heterocycles. The van der Waals surface area contributed by atoms with Crippen LogP contribution in [0.2, 0.25) is 0 Å². The van der Waals surface area contributed by atoms with Crippen LogP contribution in [0.15, 0.2) is 53.4 Å². The number of rotatable bonds is 6. The van der Waals surface area contributed by atoms with Crippen molar-refractivity contribution in [3.05, 3.63) is 54.1 Å². The monoisotopic (exact) mass is 428 g/mol. The molecule has 7 heteroatoms. The van der Waals surface area contributed by atoms with Gasteiger partial charge in [0.1, 0.15) is 11.4 Å². The number of nitrogens with one attached hydrogen (secondary N) is 1. The van der Waals surface area contributed by atoms with Crippen LogP contribution in [0, 0.1) is 0 Å². The summed E-state index contributed by atoms with van der Waals surface area (Å²) in [5, 5.41) is 2.90. The molecule has 1 aliphatic heterocycles. The maximum atomic E-state index is 13.7. The molecule has 0 radical (unpaired) electrons. The van der Waals surface area contributed by atoms with Gasteiger partial charge in [0.2, 0.25) is 4.87 Å². The number of methoxy groups -OCH3 is 1. The lowest BCUT2D eigenvalue weighted by Crippen LogP contribution is -2.52. The highest BCUT2D eigenvalue weighted by Gasteiger charge is 2.53. The molecule has 0 aliphatic carbocycles. The predicted molar refractivity (Wildman–Crippen MR) is 119 cm³/mol. The van der Waals surface area contributed by atoms with Gasteiger partial charge in [0, 0.05) is 17.0 Å². The van der Waals surface area contributed by atoms with Crippen molar-refractivity contribution in [1.82, 2.24) is 5.32 Å². The summed E-state index contributed by atoms with van der Waals surface area (Å²) in [6, 6.07) is 15.0. The van der Waals surface area contributed by atoms with E-state index < -0.39 is 16.6 Å². The fourth-order valence-corrected chi connectivity index (χ4v) is 4.69.